The third kappa shape index (κ3) is 3.62. The van der Waals surface area contributed by atoms with Gasteiger partial charge in [-0.2, -0.15) is 0 Å². The molecule has 0 fully saturated rings. The number of aryl methyl sites for hydroxylation is 2. The van der Waals surface area contributed by atoms with Crippen LogP contribution in [-0.2, 0) is 0 Å². The number of hydrogen-bond donors (Lipinski definition) is 1. The van der Waals surface area contributed by atoms with Crippen LogP contribution in [0.15, 0.2) is 46.9 Å². The van der Waals surface area contributed by atoms with Crippen molar-refractivity contribution in [3.63, 3.8) is 0 Å². The molecule has 0 aliphatic heterocycles. The minimum absolute atomic E-state index is 0.0847. The zero-order valence-electron chi connectivity index (χ0n) is 15.5. The first-order chi connectivity index (χ1) is 12.4. The van der Waals surface area contributed by atoms with Gasteiger partial charge in [-0.3, -0.25) is 4.79 Å². The number of amides is 1. The minimum atomic E-state index is -0.213. The maximum atomic E-state index is 12.7. The highest BCUT2D eigenvalue weighted by atomic mass is 35.5. The van der Waals surface area contributed by atoms with E-state index in [0.717, 1.165) is 22.1 Å². The molecule has 0 saturated carbocycles. The Morgan fingerprint density at radius 2 is 1.88 bits per heavy atom. The summed E-state index contributed by atoms with van der Waals surface area (Å²) in [6.45, 7) is 4.29. The summed E-state index contributed by atoms with van der Waals surface area (Å²) < 4.78 is 5.81. The minimum Gasteiger partial charge on any atom is -0.451 e. The van der Waals surface area contributed by atoms with E-state index in [0.29, 0.717) is 22.9 Å². The van der Waals surface area contributed by atoms with Crippen molar-refractivity contribution in [1.29, 1.82) is 0 Å². The van der Waals surface area contributed by atoms with Crippen molar-refractivity contribution < 1.29 is 9.21 Å². The Morgan fingerprint density at radius 3 is 2.54 bits per heavy atom. The lowest BCUT2D eigenvalue weighted by Crippen LogP contribution is -2.34. The number of halogens is 1. The van der Waals surface area contributed by atoms with Gasteiger partial charge in [-0.25, -0.2) is 0 Å². The van der Waals surface area contributed by atoms with Crippen LogP contribution < -0.4 is 5.32 Å². The highest BCUT2D eigenvalue weighted by molar-refractivity contribution is 6.32. The fourth-order valence-corrected chi connectivity index (χ4v) is 3.27. The van der Waals surface area contributed by atoms with E-state index in [1.807, 2.05) is 58.3 Å². The number of hydrogen-bond acceptors (Lipinski definition) is 3. The lowest BCUT2D eigenvalue weighted by molar-refractivity contribution is 0.0915. The number of benzene rings is 2. The Hall–Kier alpha value is -2.30. The van der Waals surface area contributed by atoms with Crippen LogP contribution in [0.5, 0.6) is 0 Å². The molecule has 0 radical (unpaired) electrons. The Labute approximate surface area is 158 Å². The number of carbonyl (C=O) groups is 1. The molecule has 26 heavy (non-hydrogen) atoms. The van der Waals surface area contributed by atoms with Gasteiger partial charge in [0.15, 0.2) is 5.76 Å². The van der Waals surface area contributed by atoms with E-state index in [1.54, 1.807) is 0 Å². The normalized spacial score (nSPS) is 12.5. The fraction of sp³-hybridized carbons (Fsp3) is 0.286. The van der Waals surface area contributed by atoms with Gasteiger partial charge in [-0.1, -0.05) is 41.9 Å². The van der Waals surface area contributed by atoms with Crippen LogP contribution in [0.25, 0.3) is 11.0 Å². The molecule has 0 bridgehead atoms. The Morgan fingerprint density at radius 1 is 1.19 bits per heavy atom. The smallest absolute Gasteiger partial charge is 0.287 e. The van der Waals surface area contributed by atoms with Gasteiger partial charge in [0.1, 0.15) is 5.58 Å². The summed E-state index contributed by atoms with van der Waals surface area (Å²) in [5.41, 5.74) is 3.57. The van der Waals surface area contributed by atoms with E-state index in [4.69, 9.17) is 16.0 Å². The number of furan rings is 1. The van der Waals surface area contributed by atoms with Crippen molar-refractivity contribution >= 4 is 28.5 Å². The van der Waals surface area contributed by atoms with Crippen molar-refractivity contribution in [3.8, 4) is 0 Å². The third-order valence-corrected chi connectivity index (χ3v) is 5.09. The van der Waals surface area contributed by atoms with Gasteiger partial charge in [0.25, 0.3) is 5.91 Å². The molecular weight excluding hydrogens is 348 g/mol. The summed E-state index contributed by atoms with van der Waals surface area (Å²) >= 11 is 6.21. The molecule has 0 spiro atoms. The molecule has 0 aliphatic carbocycles. The Balaban J connectivity index is 1.81. The Bertz CT molecular complexity index is 932. The quantitative estimate of drug-likeness (QED) is 0.705. The van der Waals surface area contributed by atoms with Gasteiger partial charge < -0.3 is 14.6 Å². The van der Waals surface area contributed by atoms with Gasteiger partial charge in [-0.15, -0.1) is 0 Å². The molecule has 1 amide bonds. The molecular formula is C21H23ClN2O2. The average Bonchev–Trinajstić information content (AvgIpc) is 2.92. The lowest BCUT2D eigenvalue weighted by Gasteiger charge is -2.25. The third-order valence-electron chi connectivity index (χ3n) is 4.69. The molecule has 5 heteroatoms. The summed E-state index contributed by atoms with van der Waals surface area (Å²) in [6, 6.07) is 13.9. The second-order valence-corrected chi connectivity index (χ2v) is 7.16. The largest absolute Gasteiger partial charge is 0.451 e. The number of likely N-dealkylation sites (N-methyl/N-ethyl adjacent to an activating group) is 1. The fourth-order valence-electron chi connectivity index (χ4n) is 3.10. The molecule has 0 unspecified atom stereocenters. The zero-order valence-corrected chi connectivity index (χ0v) is 16.2. The molecule has 0 saturated heterocycles. The number of nitrogens with one attached hydrogen (secondary N) is 1. The number of carbonyl (C=O) groups excluding carboxylic acids is 1. The molecule has 0 aliphatic rings. The molecule has 1 aromatic heterocycles. The first kappa shape index (κ1) is 18.5. The summed E-state index contributed by atoms with van der Waals surface area (Å²) in [7, 11) is 4.00. The molecule has 4 nitrogen and oxygen atoms in total. The van der Waals surface area contributed by atoms with E-state index >= 15 is 0 Å². The molecule has 2 aromatic carbocycles. The first-order valence-electron chi connectivity index (χ1n) is 8.57. The van der Waals surface area contributed by atoms with Gasteiger partial charge in [0, 0.05) is 22.5 Å². The van der Waals surface area contributed by atoms with Crippen LogP contribution in [0.3, 0.4) is 0 Å². The summed E-state index contributed by atoms with van der Waals surface area (Å²) in [5.74, 6) is 0.127. The summed E-state index contributed by atoms with van der Waals surface area (Å²) in [4.78, 5) is 14.8. The summed E-state index contributed by atoms with van der Waals surface area (Å²) in [5, 5.41) is 4.55. The number of nitrogens with zero attached hydrogens (tertiary/aromatic N) is 1. The van der Waals surface area contributed by atoms with Crippen molar-refractivity contribution in [2.75, 3.05) is 20.6 Å². The van der Waals surface area contributed by atoms with E-state index in [-0.39, 0.29) is 11.9 Å². The SMILES string of the molecule is Cc1cc2oc(C(=O)NC[C@H](c3ccccc3)N(C)C)c(C)c2cc1Cl. The van der Waals surface area contributed by atoms with E-state index in [9.17, 15) is 4.79 Å². The second-order valence-electron chi connectivity index (χ2n) is 6.75. The number of rotatable bonds is 5. The van der Waals surface area contributed by atoms with E-state index < -0.39 is 0 Å². The van der Waals surface area contributed by atoms with Gasteiger partial charge in [-0.05, 0) is 51.2 Å². The predicted molar refractivity (Wildman–Crippen MR) is 106 cm³/mol. The van der Waals surface area contributed by atoms with E-state index in [2.05, 4.69) is 22.3 Å². The van der Waals surface area contributed by atoms with Gasteiger partial charge in [0.2, 0.25) is 0 Å². The van der Waals surface area contributed by atoms with Crippen molar-refractivity contribution in [2.24, 2.45) is 0 Å². The monoisotopic (exact) mass is 370 g/mol. The second kappa shape index (κ2) is 7.52. The molecule has 1 atom stereocenters. The van der Waals surface area contributed by atoms with Gasteiger partial charge >= 0.3 is 0 Å². The maximum Gasteiger partial charge on any atom is 0.287 e. The standard InChI is InChI=1S/C21H23ClN2O2/c1-13-10-19-16(11-17(13)22)14(2)20(26-19)21(25)23-12-18(24(3)4)15-8-6-5-7-9-15/h5-11,18H,12H2,1-4H3,(H,23,25)/t18-/m1/s1. The predicted octanol–water partition coefficient (Wildman–Crippen LogP) is 4.74. The highest BCUT2D eigenvalue weighted by Gasteiger charge is 2.21. The van der Waals surface area contributed by atoms with Crippen LogP contribution in [0.1, 0.15) is 33.3 Å². The molecule has 3 rings (SSSR count). The maximum absolute atomic E-state index is 12.7. The van der Waals surface area contributed by atoms with Gasteiger partial charge in [0.05, 0.1) is 6.04 Å². The van der Waals surface area contributed by atoms with Crippen molar-refractivity contribution in [1.82, 2.24) is 10.2 Å². The molecule has 136 valence electrons. The lowest BCUT2D eigenvalue weighted by atomic mass is 10.1. The van der Waals surface area contributed by atoms with Crippen molar-refractivity contribution in [2.45, 2.75) is 19.9 Å². The van der Waals surface area contributed by atoms with Crippen LogP contribution in [-0.4, -0.2) is 31.4 Å². The van der Waals surface area contributed by atoms with Crippen molar-refractivity contribution in [3.05, 3.63) is 69.9 Å². The van der Waals surface area contributed by atoms with Crippen LogP contribution in [0.2, 0.25) is 5.02 Å². The van der Waals surface area contributed by atoms with Crippen LogP contribution >= 0.6 is 11.6 Å². The highest BCUT2D eigenvalue weighted by Crippen LogP contribution is 2.30. The van der Waals surface area contributed by atoms with Crippen LogP contribution in [0.4, 0.5) is 0 Å². The van der Waals surface area contributed by atoms with E-state index in [1.165, 1.54) is 0 Å². The zero-order chi connectivity index (χ0) is 18.8. The molecule has 1 N–H and O–H groups in total. The first-order valence-corrected chi connectivity index (χ1v) is 8.95. The summed E-state index contributed by atoms with van der Waals surface area (Å²) in [6.07, 6.45) is 0. The molecule has 1 heterocycles. The van der Waals surface area contributed by atoms with Crippen LogP contribution in [0, 0.1) is 13.8 Å². The topological polar surface area (TPSA) is 45.5 Å². The number of fused-ring (bicyclic) bond motifs is 1. The average molecular weight is 371 g/mol. The Kier molecular flexibility index (Phi) is 5.35. The molecule has 3 aromatic rings.